The quantitative estimate of drug-likeness (QED) is 0.189. The zero-order chi connectivity index (χ0) is 23.4. The minimum atomic E-state index is -0.469. The van der Waals surface area contributed by atoms with Crippen LogP contribution in [-0.4, -0.2) is 49.5 Å². The number of nitro groups is 1. The van der Waals surface area contributed by atoms with E-state index in [1.807, 2.05) is 0 Å². The zero-order valence-corrected chi connectivity index (χ0v) is 18.0. The minimum absolute atomic E-state index is 0.0379. The van der Waals surface area contributed by atoms with Crippen molar-refractivity contribution in [3.63, 3.8) is 0 Å². The van der Waals surface area contributed by atoms with Gasteiger partial charge in [0.1, 0.15) is 0 Å². The lowest BCUT2D eigenvalue weighted by atomic mass is 10.1. The van der Waals surface area contributed by atoms with Gasteiger partial charge in [0, 0.05) is 23.4 Å². The molecular weight excluding hydrogens is 448 g/mol. The Morgan fingerprint density at radius 3 is 2.64 bits per heavy atom. The van der Waals surface area contributed by atoms with E-state index in [2.05, 4.69) is 25.3 Å². The molecule has 0 saturated heterocycles. The first-order valence-corrected chi connectivity index (χ1v) is 10.5. The molecule has 166 valence electrons. The fourth-order valence-electron chi connectivity index (χ4n) is 2.93. The number of esters is 1. The molecule has 2 aromatic carbocycles. The number of hydrogen-bond donors (Lipinski definition) is 1. The number of aromatic nitrogens is 4. The Bertz CT molecular complexity index is 1360. The smallest absolute Gasteiger partial charge is 0.337 e. The van der Waals surface area contributed by atoms with E-state index in [0.717, 1.165) is 11.8 Å². The minimum Gasteiger partial charge on any atom is -0.465 e. The zero-order valence-electron chi connectivity index (χ0n) is 17.2. The number of nitro benzene ring substituents is 1. The summed E-state index contributed by atoms with van der Waals surface area (Å²) in [7, 11) is 1.30. The van der Waals surface area contributed by atoms with Crippen LogP contribution in [0, 0.1) is 10.1 Å². The number of anilines is 1. The number of ether oxygens (including phenoxy) is 1. The third-order valence-corrected chi connectivity index (χ3v) is 5.43. The second-order valence-electron chi connectivity index (χ2n) is 6.68. The number of amides is 1. The van der Waals surface area contributed by atoms with Gasteiger partial charge in [-0.25, -0.2) is 4.79 Å². The Hall–Kier alpha value is -4.32. The summed E-state index contributed by atoms with van der Waals surface area (Å²) < 4.78 is 6.13. The molecule has 1 amide bonds. The van der Waals surface area contributed by atoms with Crippen LogP contribution < -0.4 is 5.32 Å². The number of methoxy groups -OCH3 is 1. The van der Waals surface area contributed by atoms with Crippen molar-refractivity contribution in [2.75, 3.05) is 18.2 Å². The molecule has 12 heteroatoms. The molecule has 4 aromatic rings. The monoisotopic (exact) mass is 464 g/mol. The van der Waals surface area contributed by atoms with Crippen LogP contribution >= 0.6 is 11.8 Å². The third-order valence-electron chi connectivity index (χ3n) is 4.51. The van der Waals surface area contributed by atoms with Crippen molar-refractivity contribution in [2.45, 2.75) is 5.16 Å². The first-order valence-electron chi connectivity index (χ1n) is 9.53. The van der Waals surface area contributed by atoms with Crippen LogP contribution in [0.4, 0.5) is 11.4 Å². The Morgan fingerprint density at radius 1 is 1.12 bits per heavy atom. The predicted molar refractivity (Wildman–Crippen MR) is 120 cm³/mol. The number of non-ortho nitro benzene ring substituents is 1. The number of benzene rings is 2. The Labute approximate surface area is 190 Å². The standard InChI is InChI=1S/C21H16N6O5S/c1-32-20(29)13-5-7-15(8-6-13)22-19(28)12-33-21-24-23-18-10-9-17(25-26(18)21)14-3-2-4-16(11-14)27(30)31/h2-11H,12H2,1H3,(H,22,28). The number of hydrogen-bond acceptors (Lipinski definition) is 9. The Morgan fingerprint density at radius 2 is 1.91 bits per heavy atom. The summed E-state index contributed by atoms with van der Waals surface area (Å²) >= 11 is 1.14. The molecule has 0 radical (unpaired) electrons. The van der Waals surface area contributed by atoms with E-state index in [9.17, 15) is 19.7 Å². The molecule has 0 saturated carbocycles. The summed E-state index contributed by atoms with van der Waals surface area (Å²) in [4.78, 5) is 34.4. The first kappa shape index (κ1) is 21.9. The number of nitrogens with one attached hydrogen (secondary N) is 1. The van der Waals surface area contributed by atoms with Gasteiger partial charge in [-0.2, -0.15) is 9.61 Å². The highest BCUT2D eigenvalue weighted by Crippen LogP contribution is 2.24. The number of carbonyl (C=O) groups excluding carboxylic acids is 2. The van der Waals surface area contributed by atoms with E-state index in [1.54, 1.807) is 48.5 Å². The van der Waals surface area contributed by atoms with E-state index in [0.29, 0.717) is 33.3 Å². The topological polar surface area (TPSA) is 142 Å². The lowest BCUT2D eigenvalue weighted by Crippen LogP contribution is -2.14. The summed E-state index contributed by atoms with van der Waals surface area (Å²) in [5, 5.41) is 26.8. The molecule has 0 unspecified atom stereocenters. The van der Waals surface area contributed by atoms with E-state index in [-0.39, 0.29) is 17.3 Å². The van der Waals surface area contributed by atoms with Crippen molar-refractivity contribution in [3.8, 4) is 11.3 Å². The molecule has 0 spiro atoms. The van der Waals surface area contributed by atoms with Gasteiger partial charge in [-0.05, 0) is 36.4 Å². The highest BCUT2D eigenvalue weighted by Gasteiger charge is 2.14. The Kier molecular flexibility index (Phi) is 6.26. The molecule has 0 bridgehead atoms. The molecule has 33 heavy (non-hydrogen) atoms. The van der Waals surface area contributed by atoms with Crippen molar-refractivity contribution in [2.24, 2.45) is 0 Å². The van der Waals surface area contributed by atoms with Gasteiger partial charge in [-0.1, -0.05) is 23.9 Å². The summed E-state index contributed by atoms with van der Waals surface area (Å²) in [6.07, 6.45) is 0. The van der Waals surface area contributed by atoms with Crippen LogP contribution in [0.5, 0.6) is 0 Å². The Balaban J connectivity index is 1.46. The average Bonchev–Trinajstić information content (AvgIpc) is 3.25. The van der Waals surface area contributed by atoms with Crippen LogP contribution in [0.25, 0.3) is 16.9 Å². The second-order valence-corrected chi connectivity index (χ2v) is 7.63. The van der Waals surface area contributed by atoms with E-state index in [4.69, 9.17) is 0 Å². The number of rotatable bonds is 7. The second kappa shape index (κ2) is 9.44. The number of carbonyl (C=O) groups is 2. The van der Waals surface area contributed by atoms with Gasteiger partial charge >= 0.3 is 5.97 Å². The number of thioether (sulfide) groups is 1. The lowest BCUT2D eigenvalue weighted by Gasteiger charge is -2.06. The maximum absolute atomic E-state index is 12.3. The van der Waals surface area contributed by atoms with Crippen molar-refractivity contribution >= 4 is 40.7 Å². The molecule has 11 nitrogen and oxygen atoms in total. The molecule has 0 aliphatic heterocycles. The molecule has 1 N–H and O–H groups in total. The van der Waals surface area contributed by atoms with Crippen LogP contribution in [0.1, 0.15) is 10.4 Å². The van der Waals surface area contributed by atoms with Gasteiger partial charge in [0.25, 0.3) is 5.69 Å². The molecular formula is C21H16N6O5S. The highest BCUT2D eigenvalue weighted by molar-refractivity contribution is 7.99. The van der Waals surface area contributed by atoms with Crippen LogP contribution in [0.2, 0.25) is 0 Å². The molecule has 0 atom stereocenters. The summed E-state index contributed by atoms with van der Waals surface area (Å²) in [6, 6.07) is 15.9. The van der Waals surface area contributed by atoms with Gasteiger partial charge in [0.15, 0.2) is 5.65 Å². The average molecular weight is 464 g/mol. The van der Waals surface area contributed by atoms with Crippen LogP contribution in [-0.2, 0) is 9.53 Å². The molecule has 0 aliphatic carbocycles. The van der Waals surface area contributed by atoms with Crippen molar-refractivity contribution in [3.05, 3.63) is 76.3 Å². The lowest BCUT2D eigenvalue weighted by molar-refractivity contribution is -0.384. The van der Waals surface area contributed by atoms with E-state index < -0.39 is 10.9 Å². The maximum atomic E-state index is 12.3. The summed E-state index contributed by atoms with van der Waals surface area (Å²) in [5.41, 5.74) is 2.43. The normalized spacial score (nSPS) is 10.7. The SMILES string of the molecule is COC(=O)c1ccc(NC(=O)CSc2nnc3ccc(-c4cccc([N+](=O)[O-])c4)nn23)cc1. The number of nitrogens with zero attached hydrogens (tertiary/aromatic N) is 5. The van der Waals surface area contributed by atoms with Gasteiger partial charge in [0.05, 0.1) is 29.0 Å². The summed E-state index contributed by atoms with van der Waals surface area (Å²) in [5.74, 6) is -0.695. The van der Waals surface area contributed by atoms with Crippen molar-refractivity contribution < 1.29 is 19.2 Å². The van der Waals surface area contributed by atoms with Gasteiger partial charge in [-0.3, -0.25) is 14.9 Å². The maximum Gasteiger partial charge on any atom is 0.337 e. The largest absolute Gasteiger partial charge is 0.465 e. The predicted octanol–water partition coefficient (Wildman–Crippen LogP) is 3.22. The highest BCUT2D eigenvalue weighted by atomic mass is 32.2. The molecule has 0 aliphatic rings. The molecule has 0 fully saturated rings. The van der Waals surface area contributed by atoms with Gasteiger partial charge in [-0.15, -0.1) is 10.2 Å². The summed E-state index contributed by atoms with van der Waals surface area (Å²) in [6.45, 7) is 0. The van der Waals surface area contributed by atoms with Crippen molar-refractivity contribution in [1.29, 1.82) is 0 Å². The van der Waals surface area contributed by atoms with E-state index in [1.165, 1.54) is 23.8 Å². The fraction of sp³-hybridized carbons (Fsp3) is 0.0952. The fourth-order valence-corrected chi connectivity index (χ4v) is 3.61. The van der Waals surface area contributed by atoms with E-state index >= 15 is 0 Å². The van der Waals surface area contributed by atoms with Gasteiger partial charge in [0.2, 0.25) is 11.1 Å². The first-order chi connectivity index (χ1) is 15.9. The van der Waals surface area contributed by atoms with Crippen LogP contribution in [0.15, 0.2) is 65.8 Å². The van der Waals surface area contributed by atoms with Crippen LogP contribution in [0.3, 0.4) is 0 Å². The molecule has 2 aromatic heterocycles. The van der Waals surface area contributed by atoms with Crippen molar-refractivity contribution in [1.82, 2.24) is 19.8 Å². The molecule has 2 heterocycles. The van der Waals surface area contributed by atoms with Gasteiger partial charge < -0.3 is 10.1 Å². The third kappa shape index (κ3) is 4.96. The number of fused-ring (bicyclic) bond motifs is 1. The molecule has 4 rings (SSSR count).